The average molecular weight is 524 g/mol. The van der Waals surface area contributed by atoms with Crippen molar-refractivity contribution in [1.29, 1.82) is 0 Å². The molecule has 0 saturated heterocycles. The lowest BCUT2D eigenvalue weighted by Crippen LogP contribution is -2.32. The van der Waals surface area contributed by atoms with Crippen LogP contribution in [0.3, 0.4) is 0 Å². The normalized spacial score (nSPS) is 12.7. The summed E-state index contributed by atoms with van der Waals surface area (Å²) in [6, 6.07) is 22.2. The zero-order valence-electron chi connectivity index (χ0n) is 20.7. The minimum atomic E-state index is -3.60. The topological polar surface area (TPSA) is 72.5 Å². The smallest absolute Gasteiger partial charge is 0.264 e. The van der Waals surface area contributed by atoms with Gasteiger partial charge in [0.05, 0.1) is 12.4 Å². The van der Waals surface area contributed by atoms with E-state index in [9.17, 15) is 13.2 Å². The van der Waals surface area contributed by atoms with Crippen LogP contribution in [-0.2, 0) is 27.9 Å². The Bertz CT molecular complexity index is 1270. The molecule has 0 unspecified atom stereocenters. The van der Waals surface area contributed by atoms with Crippen molar-refractivity contribution in [3.63, 3.8) is 0 Å². The summed E-state index contributed by atoms with van der Waals surface area (Å²) in [7, 11) is -3.60. The highest BCUT2D eigenvalue weighted by Crippen LogP contribution is 2.31. The lowest BCUT2D eigenvalue weighted by atomic mass is 10.0. The van der Waals surface area contributed by atoms with Crippen LogP contribution < -0.4 is 9.46 Å². The minimum absolute atomic E-state index is 0.0177. The second-order valence-corrected chi connectivity index (χ2v) is 11.9. The van der Waals surface area contributed by atoms with Crippen LogP contribution in [0, 0.1) is 0 Å². The molecule has 0 spiro atoms. The molecule has 4 rings (SSSR count). The Kier molecular flexibility index (Phi) is 9.10. The lowest BCUT2D eigenvalue weighted by molar-refractivity contribution is 0.0981. The van der Waals surface area contributed by atoms with Gasteiger partial charge in [0.15, 0.2) is 0 Å². The van der Waals surface area contributed by atoms with Gasteiger partial charge in [0, 0.05) is 23.5 Å². The minimum Gasteiger partial charge on any atom is -0.493 e. The van der Waals surface area contributed by atoms with E-state index in [1.54, 1.807) is 23.9 Å². The van der Waals surface area contributed by atoms with Gasteiger partial charge in [-0.05, 0) is 52.4 Å². The van der Waals surface area contributed by atoms with E-state index in [0.29, 0.717) is 12.0 Å². The van der Waals surface area contributed by atoms with Gasteiger partial charge in [0.2, 0.25) is 10.0 Å². The Morgan fingerprint density at radius 2 is 1.56 bits per heavy atom. The number of carbonyl (C=O) groups is 1. The Labute approximate surface area is 218 Å². The molecule has 0 radical (unpaired) electrons. The second-order valence-electron chi connectivity index (χ2n) is 9.12. The number of sulfonamides is 1. The van der Waals surface area contributed by atoms with Crippen LogP contribution >= 0.6 is 11.8 Å². The molecule has 7 heteroatoms. The van der Waals surface area contributed by atoms with Crippen molar-refractivity contribution in [2.75, 3.05) is 12.4 Å². The molecule has 1 amide bonds. The van der Waals surface area contributed by atoms with Crippen molar-refractivity contribution in [2.45, 2.75) is 50.5 Å². The molecule has 0 atom stereocenters. The fourth-order valence-electron chi connectivity index (χ4n) is 4.15. The van der Waals surface area contributed by atoms with Crippen molar-refractivity contribution in [1.82, 2.24) is 4.72 Å². The number of nitrogens with one attached hydrogen (secondary N) is 1. The number of ether oxygens (including phenoxy) is 1. The molecule has 190 valence electrons. The van der Waals surface area contributed by atoms with E-state index < -0.39 is 15.9 Å². The number of unbranched alkanes of at least 4 members (excludes halogenated alkanes) is 3. The van der Waals surface area contributed by atoms with E-state index in [4.69, 9.17) is 4.74 Å². The molecular weight excluding hydrogens is 490 g/mol. The van der Waals surface area contributed by atoms with Crippen molar-refractivity contribution in [2.24, 2.45) is 0 Å². The highest BCUT2D eigenvalue weighted by atomic mass is 32.2. The number of thioether (sulfide) groups is 1. The fourth-order valence-corrected chi connectivity index (χ4v) is 6.19. The largest absolute Gasteiger partial charge is 0.493 e. The predicted molar refractivity (Wildman–Crippen MR) is 148 cm³/mol. The van der Waals surface area contributed by atoms with Gasteiger partial charge in [0.25, 0.3) is 5.91 Å². The molecule has 0 fully saturated rings. The molecule has 3 aromatic rings. The third kappa shape index (κ3) is 7.37. The van der Waals surface area contributed by atoms with Gasteiger partial charge >= 0.3 is 0 Å². The van der Waals surface area contributed by atoms with Crippen LogP contribution in [0.5, 0.6) is 5.75 Å². The summed E-state index contributed by atoms with van der Waals surface area (Å²) in [5, 5.41) is 0. The predicted octanol–water partition coefficient (Wildman–Crippen LogP) is 6.36. The third-order valence-electron chi connectivity index (χ3n) is 6.25. The summed E-state index contributed by atoms with van der Waals surface area (Å²) < 4.78 is 32.1. The number of hydrogen-bond acceptors (Lipinski definition) is 5. The molecule has 0 aromatic heterocycles. The molecule has 0 aliphatic carbocycles. The van der Waals surface area contributed by atoms with Gasteiger partial charge in [-0.2, -0.15) is 11.8 Å². The monoisotopic (exact) mass is 523 g/mol. The summed E-state index contributed by atoms with van der Waals surface area (Å²) in [5.41, 5.74) is 6.33. The Morgan fingerprint density at radius 3 is 2.25 bits per heavy atom. The molecule has 36 heavy (non-hydrogen) atoms. The van der Waals surface area contributed by atoms with Crippen LogP contribution in [-0.4, -0.2) is 26.7 Å². The standard InChI is InChI=1S/C29H33NO4S2/c1-2-3-4-5-18-36(32,33)30-29(31)26-12-8-23(9-13-26)21-35-20-22-6-10-24(11-7-22)27-15-14-25-16-17-34-28(25)19-27/h6-15,19H,2-5,16-18,20-21H2,1H3,(H,30,31). The van der Waals surface area contributed by atoms with Crippen LogP contribution in [0.2, 0.25) is 0 Å². The van der Waals surface area contributed by atoms with Crippen LogP contribution in [0.1, 0.15) is 59.7 Å². The molecule has 1 aliphatic heterocycles. The number of benzene rings is 3. The summed E-state index contributed by atoms with van der Waals surface area (Å²) in [6.07, 6.45) is 4.45. The Hall–Kier alpha value is -2.77. The molecule has 1 aliphatic rings. The maximum Gasteiger partial charge on any atom is 0.264 e. The van der Waals surface area contributed by atoms with Crippen molar-refractivity contribution < 1.29 is 17.9 Å². The van der Waals surface area contributed by atoms with Gasteiger partial charge in [0.1, 0.15) is 5.75 Å². The van der Waals surface area contributed by atoms with Gasteiger partial charge in [-0.15, -0.1) is 0 Å². The summed E-state index contributed by atoms with van der Waals surface area (Å²) >= 11 is 1.80. The molecule has 1 N–H and O–H groups in total. The van der Waals surface area contributed by atoms with Gasteiger partial charge < -0.3 is 4.74 Å². The van der Waals surface area contributed by atoms with Crippen LogP contribution in [0.4, 0.5) is 0 Å². The van der Waals surface area contributed by atoms with E-state index in [1.165, 1.54) is 22.3 Å². The summed E-state index contributed by atoms with van der Waals surface area (Å²) in [5.74, 6) is 2.10. The quantitative estimate of drug-likeness (QED) is 0.280. The second kappa shape index (κ2) is 12.5. The zero-order valence-corrected chi connectivity index (χ0v) is 22.3. The first-order valence-corrected chi connectivity index (χ1v) is 15.3. The zero-order chi connectivity index (χ0) is 25.4. The van der Waals surface area contributed by atoms with Crippen molar-refractivity contribution >= 4 is 27.7 Å². The maximum atomic E-state index is 12.3. The Morgan fingerprint density at radius 1 is 0.889 bits per heavy atom. The number of hydrogen-bond donors (Lipinski definition) is 1. The highest BCUT2D eigenvalue weighted by molar-refractivity contribution is 7.97. The SMILES string of the molecule is CCCCCCS(=O)(=O)NC(=O)c1ccc(CSCc2ccc(-c3ccc4c(c3)OCC4)cc2)cc1. The van der Waals surface area contributed by atoms with E-state index >= 15 is 0 Å². The van der Waals surface area contributed by atoms with E-state index in [-0.39, 0.29) is 5.75 Å². The molecule has 3 aromatic carbocycles. The van der Waals surface area contributed by atoms with Crippen LogP contribution in [0.25, 0.3) is 11.1 Å². The summed E-state index contributed by atoms with van der Waals surface area (Å²) in [6.45, 7) is 2.84. The lowest BCUT2D eigenvalue weighted by Gasteiger charge is -2.08. The first-order valence-electron chi connectivity index (χ1n) is 12.5. The molecule has 5 nitrogen and oxygen atoms in total. The fraction of sp³-hybridized carbons (Fsp3) is 0.345. The highest BCUT2D eigenvalue weighted by Gasteiger charge is 2.16. The number of amides is 1. The Balaban J connectivity index is 1.24. The van der Waals surface area contributed by atoms with Crippen molar-refractivity contribution in [3.05, 3.63) is 89.0 Å². The average Bonchev–Trinajstić information content (AvgIpc) is 3.35. The van der Waals surface area contributed by atoms with E-state index in [0.717, 1.165) is 55.1 Å². The number of carbonyl (C=O) groups excluding carboxylic acids is 1. The van der Waals surface area contributed by atoms with Gasteiger partial charge in [-0.25, -0.2) is 13.1 Å². The number of rotatable bonds is 12. The van der Waals surface area contributed by atoms with Crippen molar-refractivity contribution in [3.8, 4) is 16.9 Å². The first kappa shape index (κ1) is 26.3. The van der Waals surface area contributed by atoms with Gasteiger partial charge in [-0.3, -0.25) is 4.79 Å². The summed E-state index contributed by atoms with van der Waals surface area (Å²) in [4.78, 5) is 12.3. The van der Waals surface area contributed by atoms with Gasteiger partial charge in [-0.1, -0.05) is 74.7 Å². The van der Waals surface area contributed by atoms with Crippen LogP contribution in [0.15, 0.2) is 66.7 Å². The maximum absolute atomic E-state index is 12.3. The number of fused-ring (bicyclic) bond motifs is 1. The first-order chi connectivity index (χ1) is 17.4. The third-order valence-corrected chi connectivity index (χ3v) is 8.65. The molecule has 0 bridgehead atoms. The molecule has 0 saturated carbocycles. The van der Waals surface area contributed by atoms with E-state index in [1.807, 2.05) is 12.1 Å². The van der Waals surface area contributed by atoms with E-state index in [2.05, 4.69) is 54.1 Å². The molecular formula is C29H33NO4S2. The molecule has 1 heterocycles.